The van der Waals surface area contributed by atoms with Gasteiger partial charge in [-0.15, -0.1) is 0 Å². The highest BCUT2D eigenvalue weighted by Gasteiger charge is 2.50. The SMILES string of the molecule is CCO/N=C(\C)C(=O)N[C@@H](COC)C(=O)NCC(=O)NC(CC(C)C)C(=O)[C@@]1(C)CO1.CO. The highest BCUT2D eigenvalue weighted by atomic mass is 16.6. The molecule has 190 valence electrons. The van der Waals surface area contributed by atoms with Crippen molar-refractivity contribution in [2.45, 2.75) is 58.7 Å². The molecule has 3 amide bonds. The molecule has 0 aliphatic carbocycles. The zero-order chi connectivity index (χ0) is 25.6. The van der Waals surface area contributed by atoms with Crippen LogP contribution in [0.15, 0.2) is 5.16 Å². The van der Waals surface area contributed by atoms with E-state index in [1.807, 2.05) is 13.8 Å². The maximum absolute atomic E-state index is 12.6. The summed E-state index contributed by atoms with van der Waals surface area (Å²) in [6.45, 7) is 8.90. The number of methoxy groups -OCH3 is 1. The van der Waals surface area contributed by atoms with E-state index in [1.54, 1.807) is 13.8 Å². The van der Waals surface area contributed by atoms with E-state index < -0.39 is 35.4 Å². The van der Waals surface area contributed by atoms with Crippen LogP contribution in [0.5, 0.6) is 0 Å². The second kappa shape index (κ2) is 15.3. The Balaban J connectivity index is 0.00000497. The Labute approximate surface area is 194 Å². The number of aliphatic hydroxyl groups is 1. The van der Waals surface area contributed by atoms with Gasteiger partial charge in [-0.25, -0.2) is 0 Å². The van der Waals surface area contributed by atoms with Crippen LogP contribution in [0.1, 0.15) is 41.0 Å². The predicted molar refractivity (Wildman–Crippen MR) is 120 cm³/mol. The van der Waals surface area contributed by atoms with E-state index in [0.29, 0.717) is 19.6 Å². The van der Waals surface area contributed by atoms with Gasteiger partial charge in [-0.3, -0.25) is 19.2 Å². The molecule has 0 saturated carbocycles. The molecule has 1 rings (SSSR count). The maximum atomic E-state index is 12.6. The monoisotopic (exact) mass is 474 g/mol. The Hall–Kier alpha value is -2.57. The van der Waals surface area contributed by atoms with Gasteiger partial charge in [0.25, 0.3) is 5.91 Å². The number of carbonyl (C=O) groups is 4. The molecule has 1 aliphatic heterocycles. The van der Waals surface area contributed by atoms with E-state index >= 15 is 0 Å². The van der Waals surface area contributed by atoms with Gasteiger partial charge in [-0.2, -0.15) is 0 Å². The molecule has 0 aromatic carbocycles. The summed E-state index contributed by atoms with van der Waals surface area (Å²) in [6.07, 6.45) is 0.457. The average molecular weight is 475 g/mol. The molecule has 12 nitrogen and oxygen atoms in total. The van der Waals surface area contributed by atoms with Crippen molar-refractivity contribution >= 4 is 29.2 Å². The first-order valence-electron chi connectivity index (χ1n) is 10.7. The molecule has 0 radical (unpaired) electrons. The summed E-state index contributed by atoms with van der Waals surface area (Å²) >= 11 is 0. The first kappa shape index (κ1) is 30.4. The Morgan fingerprint density at radius 2 is 1.76 bits per heavy atom. The van der Waals surface area contributed by atoms with Crippen molar-refractivity contribution in [3.8, 4) is 0 Å². The minimum Gasteiger partial charge on any atom is -0.400 e. The van der Waals surface area contributed by atoms with Gasteiger partial charge in [0.05, 0.1) is 25.8 Å². The molecule has 0 spiro atoms. The van der Waals surface area contributed by atoms with Crippen LogP contribution in [-0.2, 0) is 33.5 Å². The molecule has 1 aliphatic rings. The zero-order valence-corrected chi connectivity index (χ0v) is 20.5. The van der Waals surface area contributed by atoms with Crippen LogP contribution in [0, 0.1) is 5.92 Å². The van der Waals surface area contributed by atoms with Crippen molar-refractivity contribution in [3.05, 3.63) is 0 Å². The fourth-order valence-electron chi connectivity index (χ4n) is 2.67. The summed E-state index contributed by atoms with van der Waals surface area (Å²) in [5.41, 5.74) is -0.815. The molecule has 1 unspecified atom stereocenters. The van der Waals surface area contributed by atoms with E-state index in [0.717, 1.165) is 7.11 Å². The smallest absolute Gasteiger partial charge is 0.269 e. The second-order valence-electron chi connectivity index (χ2n) is 7.93. The van der Waals surface area contributed by atoms with Crippen molar-refractivity contribution < 1.29 is 38.6 Å². The number of hydrogen-bond acceptors (Lipinski definition) is 9. The third kappa shape index (κ3) is 11.2. The number of amides is 3. The van der Waals surface area contributed by atoms with E-state index in [2.05, 4.69) is 21.1 Å². The molecule has 0 bridgehead atoms. The fourth-order valence-corrected chi connectivity index (χ4v) is 2.67. The molecule has 0 aromatic rings. The van der Waals surface area contributed by atoms with Crippen molar-refractivity contribution in [1.29, 1.82) is 0 Å². The summed E-state index contributed by atoms with van der Waals surface area (Å²) < 4.78 is 10.2. The van der Waals surface area contributed by atoms with Crippen LogP contribution in [0.4, 0.5) is 0 Å². The molecule has 4 N–H and O–H groups in total. The van der Waals surface area contributed by atoms with Gasteiger partial charge in [-0.05, 0) is 33.1 Å². The van der Waals surface area contributed by atoms with Crippen molar-refractivity contribution in [2.75, 3.05) is 40.6 Å². The number of nitrogens with one attached hydrogen (secondary N) is 3. The third-order valence-corrected chi connectivity index (χ3v) is 4.49. The number of oxime groups is 1. The van der Waals surface area contributed by atoms with Crippen LogP contribution in [0.25, 0.3) is 0 Å². The number of hydrogen-bond donors (Lipinski definition) is 4. The van der Waals surface area contributed by atoms with Gasteiger partial charge < -0.3 is 35.4 Å². The lowest BCUT2D eigenvalue weighted by molar-refractivity contribution is -0.132. The quantitative estimate of drug-likeness (QED) is 0.143. The molecule has 1 fully saturated rings. The fraction of sp³-hybridized carbons (Fsp3) is 0.762. The molecule has 1 heterocycles. The first-order chi connectivity index (χ1) is 15.5. The largest absolute Gasteiger partial charge is 0.400 e. The number of ketones is 1. The Bertz CT molecular complexity index is 692. The van der Waals surface area contributed by atoms with Crippen molar-refractivity contribution in [1.82, 2.24) is 16.0 Å². The predicted octanol–water partition coefficient (Wildman–Crippen LogP) is -0.856. The number of carbonyl (C=O) groups excluding carboxylic acids is 4. The van der Waals surface area contributed by atoms with E-state index in [-0.39, 0.29) is 30.6 Å². The summed E-state index contributed by atoms with van der Waals surface area (Å²) in [6, 6.07) is -1.74. The highest BCUT2D eigenvalue weighted by molar-refractivity contribution is 6.38. The number of epoxide rings is 1. The first-order valence-corrected chi connectivity index (χ1v) is 10.7. The molecule has 12 heteroatoms. The van der Waals surface area contributed by atoms with Gasteiger partial charge in [-0.1, -0.05) is 19.0 Å². The van der Waals surface area contributed by atoms with Crippen LogP contribution in [0.3, 0.4) is 0 Å². The van der Waals surface area contributed by atoms with Crippen LogP contribution < -0.4 is 16.0 Å². The molecule has 0 aromatic heterocycles. The van der Waals surface area contributed by atoms with Crippen LogP contribution in [-0.4, -0.2) is 92.6 Å². The topological polar surface area (TPSA) is 168 Å². The van der Waals surface area contributed by atoms with Crippen molar-refractivity contribution in [3.63, 3.8) is 0 Å². The van der Waals surface area contributed by atoms with E-state index in [9.17, 15) is 19.2 Å². The highest BCUT2D eigenvalue weighted by Crippen LogP contribution is 2.29. The van der Waals surface area contributed by atoms with E-state index in [1.165, 1.54) is 14.0 Å². The van der Waals surface area contributed by atoms with Gasteiger partial charge in [0.1, 0.15) is 24.0 Å². The normalized spacial score (nSPS) is 18.9. The number of rotatable bonds is 14. The molecule has 3 atom stereocenters. The van der Waals surface area contributed by atoms with Crippen LogP contribution >= 0.6 is 0 Å². The lowest BCUT2D eigenvalue weighted by atomic mass is 9.93. The average Bonchev–Trinajstić information content (AvgIpc) is 3.53. The lowest BCUT2D eigenvalue weighted by Crippen LogP contribution is -2.54. The maximum Gasteiger partial charge on any atom is 0.269 e. The Morgan fingerprint density at radius 3 is 2.24 bits per heavy atom. The van der Waals surface area contributed by atoms with Gasteiger partial charge >= 0.3 is 0 Å². The molecule has 1 saturated heterocycles. The number of nitrogens with zero attached hydrogens (tertiary/aromatic N) is 1. The summed E-state index contributed by atoms with van der Waals surface area (Å²) in [5.74, 6) is -1.74. The second-order valence-corrected chi connectivity index (χ2v) is 7.93. The minimum absolute atomic E-state index is 0.0410. The van der Waals surface area contributed by atoms with Gasteiger partial charge in [0.2, 0.25) is 11.8 Å². The van der Waals surface area contributed by atoms with Crippen LogP contribution in [0.2, 0.25) is 0 Å². The minimum atomic E-state index is -1.04. The van der Waals surface area contributed by atoms with E-state index in [4.69, 9.17) is 19.4 Å². The third-order valence-electron chi connectivity index (χ3n) is 4.49. The number of ether oxygens (including phenoxy) is 2. The summed E-state index contributed by atoms with van der Waals surface area (Å²) in [5, 5.41) is 18.2. The molecular weight excluding hydrogens is 436 g/mol. The Morgan fingerprint density at radius 1 is 1.15 bits per heavy atom. The number of Topliss-reactive ketones (excluding diaryl/α,β-unsaturated/α-hetero) is 1. The zero-order valence-electron chi connectivity index (χ0n) is 20.5. The van der Waals surface area contributed by atoms with Gasteiger partial charge in [0, 0.05) is 14.2 Å². The number of aliphatic hydroxyl groups excluding tert-OH is 1. The molecular formula is C21H38N4O8. The standard InChI is InChI=1S/C20H34N4O7.CH4O/c1-7-31-24-13(4)18(27)23-15(10-29-6)19(28)21-9-16(25)22-14(8-12(2)3)17(26)20(5)11-30-20;1-2/h12,14-15H,7-11H2,1-6H3,(H,21,28)(H,22,25)(H,23,27);2H,1H3/b24-13+;/t14?,15-,20+;/m0./s1. The van der Waals surface area contributed by atoms with Gasteiger partial charge in [0.15, 0.2) is 5.78 Å². The summed E-state index contributed by atoms with van der Waals surface area (Å²) in [7, 11) is 2.38. The van der Waals surface area contributed by atoms with Crippen molar-refractivity contribution in [2.24, 2.45) is 11.1 Å². The Kier molecular flexibility index (Phi) is 14.1. The lowest BCUT2D eigenvalue weighted by Gasteiger charge is -2.22. The summed E-state index contributed by atoms with van der Waals surface area (Å²) in [4.78, 5) is 54.3. The molecule has 33 heavy (non-hydrogen) atoms.